The van der Waals surface area contributed by atoms with Gasteiger partial charge in [0.15, 0.2) is 5.82 Å². The molecule has 0 saturated carbocycles. The zero-order chi connectivity index (χ0) is 29.4. The first-order valence-corrected chi connectivity index (χ1v) is 13.9. The molecule has 2 aliphatic rings. The molecule has 0 aliphatic carbocycles. The minimum Gasteiger partial charge on any atom is -0.478 e. The van der Waals surface area contributed by atoms with E-state index in [4.69, 9.17) is 31.3 Å². The summed E-state index contributed by atoms with van der Waals surface area (Å²) in [5, 5.41) is 18.8. The molecule has 12 heteroatoms. The molecule has 2 aliphatic heterocycles. The van der Waals surface area contributed by atoms with E-state index in [9.17, 15) is 14.3 Å². The topological polar surface area (TPSA) is 114 Å². The number of aromatic nitrogens is 3. The number of ether oxygens (including phenoxy) is 2. The number of carbonyl (C=O) groups is 1. The Morgan fingerprint density at radius 1 is 1.24 bits per heavy atom. The lowest BCUT2D eigenvalue weighted by atomic mass is 10.1. The van der Waals surface area contributed by atoms with Gasteiger partial charge in [0.05, 0.1) is 47.6 Å². The third-order valence-corrected chi connectivity index (χ3v) is 7.93. The first kappa shape index (κ1) is 28.0. The number of imidazole rings is 1. The zero-order valence-electron chi connectivity index (χ0n) is 22.4. The van der Waals surface area contributed by atoms with Gasteiger partial charge in [-0.05, 0) is 55.2 Å². The standard InChI is InChI=1S/C30H26ClF2N5O4/c31-22-11-18-7-8-37(14-25(18)36-29(22)42-16-19-4-3-17(12-34)10-23(19)32)15-26-35-24-6-5-21(30(39)40)27(33)28(24)38(26)13-20-2-1-9-41-20/h3-6,10-11,20H,1-2,7-9,13-16H2,(H,39,40)/t20-/m0/s1. The zero-order valence-corrected chi connectivity index (χ0v) is 23.2. The first-order chi connectivity index (χ1) is 20.3. The third kappa shape index (κ3) is 5.53. The third-order valence-electron chi connectivity index (χ3n) is 7.66. The average molecular weight is 594 g/mol. The van der Waals surface area contributed by atoms with E-state index in [1.165, 1.54) is 24.3 Å². The fourth-order valence-corrected chi connectivity index (χ4v) is 5.72. The summed E-state index contributed by atoms with van der Waals surface area (Å²) < 4.78 is 43.1. The molecule has 0 unspecified atom stereocenters. The number of hydrogen-bond donors (Lipinski definition) is 1. The summed E-state index contributed by atoms with van der Waals surface area (Å²) in [5.41, 5.74) is 2.36. The second-order valence-corrected chi connectivity index (χ2v) is 10.8. The Kier molecular flexibility index (Phi) is 7.77. The van der Waals surface area contributed by atoms with Crippen LogP contribution in [0.15, 0.2) is 36.4 Å². The molecule has 1 fully saturated rings. The number of carboxylic acids is 1. The van der Waals surface area contributed by atoms with Gasteiger partial charge in [0, 0.05) is 25.3 Å². The summed E-state index contributed by atoms with van der Waals surface area (Å²) in [6.45, 7) is 2.39. The lowest BCUT2D eigenvalue weighted by Crippen LogP contribution is -2.32. The van der Waals surface area contributed by atoms with Crippen molar-refractivity contribution >= 4 is 28.6 Å². The molecule has 1 atom stereocenters. The van der Waals surface area contributed by atoms with E-state index in [0.29, 0.717) is 55.6 Å². The van der Waals surface area contributed by atoms with E-state index in [-0.39, 0.29) is 35.2 Å². The van der Waals surface area contributed by atoms with Crippen LogP contribution in [0.1, 0.15) is 51.4 Å². The Labute approximate surface area is 244 Å². The maximum atomic E-state index is 15.4. The first-order valence-electron chi connectivity index (χ1n) is 13.5. The van der Waals surface area contributed by atoms with Crippen molar-refractivity contribution < 1.29 is 28.2 Å². The molecule has 2 aromatic heterocycles. The number of aromatic carboxylic acids is 1. The predicted octanol–water partition coefficient (Wildman–Crippen LogP) is 5.25. The number of halogens is 3. The summed E-state index contributed by atoms with van der Waals surface area (Å²) in [6.07, 6.45) is 2.29. The summed E-state index contributed by atoms with van der Waals surface area (Å²) in [7, 11) is 0. The average Bonchev–Trinajstić information content (AvgIpc) is 3.61. The number of nitriles is 1. The SMILES string of the molecule is N#Cc1ccc(COc2nc3c(cc2Cl)CCN(Cc2nc4ccc(C(=O)O)c(F)c4n2C[C@@H]2CCCO2)C3)c(F)c1. The molecular formula is C30H26ClF2N5O4. The number of carboxylic acid groups (broad SMARTS) is 1. The fraction of sp³-hybridized carbons (Fsp3) is 0.333. The highest BCUT2D eigenvalue weighted by atomic mass is 35.5. The molecule has 216 valence electrons. The molecular weight excluding hydrogens is 568 g/mol. The van der Waals surface area contributed by atoms with Gasteiger partial charge in [0.2, 0.25) is 5.88 Å². The number of pyridine rings is 1. The highest BCUT2D eigenvalue weighted by Crippen LogP contribution is 2.31. The lowest BCUT2D eigenvalue weighted by molar-refractivity contribution is 0.0692. The van der Waals surface area contributed by atoms with Crippen molar-refractivity contribution in [2.45, 2.75) is 51.6 Å². The van der Waals surface area contributed by atoms with Crippen molar-refractivity contribution in [2.75, 3.05) is 13.2 Å². The van der Waals surface area contributed by atoms with Gasteiger partial charge in [-0.25, -0.2) is 23.5 Å². The largest absolute Gasteiger partial charge is 0.478 e. The van der Waals surface area contributed by atoms with Gasteiger partial charge in [-0.1, -0.05) is 17.7 Å². The molecule has 1 N–H and O–H groups in total. The lowest BCUT2D eigenvalue weighted by Gasteiger charge is -2.28. The van der Waals surface area contributed by atoms with Gasteiger partial charge in [-0.15, -0.1) is 0 Å². The van der Waals surface area contributed by atoms with Gasteiger partial charge in [0.1, 0.15) is 28.8 Å². The molecule has 6 rings (SSSR count). The van der Waals surface area contributed by atoms with Crippen molar-refractivity contribution in [2.24, 2.45) is 0 Å². The van der Waals surface area contributed by atoms with E-state index in [1.807, 2.05) is 6.07 Å². The molecule has 9 nitrogen and oxygen atoms in total. The van der Waals surface area contributed by atoms with Crippen LogP contribution in [0.2, 0.25) is 5.02 Å². The van der Waals surface area contributed by atoms with Crippen LogP contribution in [0.25, 0.3) is 11.0 Å². The maximum Gasteiger partial charge on any atom is 0.338 e. The molecule has 42 heavy (non-hydrogen) atoms. The monoisotopic (exact) mass is 593 g/mol. The fourth-order valence-electron chi connectivity index (χ4n) is 5.49. The van der Waals surface area contributed by atoms with E-state index >= 15 is 4.39 Å². The molecule has 0 radical (unpaired) electrons. The minimum absolute atomic E-state index is 0.107. The molecule has 1 saturated heterocycles. The van der Waals surface area contributed by atoms with Gasteiger partial charge < -0.3 is 19.1 Å². The molecule has 4 aromatic rings. The van der Waals surface area contributed by atoms with Crippen LogP contribution in [0.4, 0.5) is 8.78 Å². The molecule has 2 aromatic carbocycles. The van der Waals surface area contributed by atoms with Gasteiger partial charge in [-0.2, -0.15) is 5.26 Å². The second kappa shape index (κ2) is 11.6. The Balaban J connectivity index is 1.24. The molecule has 0 bridgehead atoms. The smallest absolute Gasteiger partial charge is 0.338 e. The summed E-state index contributed by atoms with van der Waals surface area (Å²) in [4.78, 5) is 23.1. The minimum atomic E-state index is -1.34. The van der Waals surface area contributed by atoms with E-state index in [0.717, 1.165) is 30.2 Å². The Morgan fingerprint density at radius 3 is 2.83 bits per heavy atom. The maximum absolute atomic E-state index is 15.4. The van der Waals surface area contributed by atoms with Crippen LogP contribution >= 0.6 is 11.6 Å². The Hall–Kier alpha value is -4.11. The van der Waals surface area contributed by atoms with Crippen LogP contribution in [0, 0.1) is 23.0 Å². The van der Waals surface area contributed by atoms with Crippen molar-refractivity contribution in [3.8, 4) is 11.9 Å². The van der Waals surface area contributed by atoms with E-state index in [1.54, 1.807) is 10.6 Å². The number of nitrogens with zero attached hydrogens (tertiary/aromatic N) is 5. The van der Waals surface area contributed by atoms with Crippen LogP contribution in [0.5, 0.6) is 5.88 Å². The highest BCUT2D eigenvalue weighted by Gasteiger charge is 2.27. The highest BCUT2D eigenvalue weighted by molar-refractivity contribution is 6.31. The van der Waals surface area contributed by atoms with Gasteiger partial charge in [-0.3, -0.25) is 4.90 Å². The number of rotatable bonds is 8. The normalized spacial score (nSPS) is 16.9. The van der Waals surface area contributed by atoms with Crippen molar-refractivity contribution in [1.29, 1.82) is 5.26 Å². The Bertz CT molecular complexity index is 1730. The number of benzene rings is 2. The van der Waals surface area contributed by atoms with Crippen LogP contribution in [-0.2, 0) is 37.4 Å². The summed E-state index contributed by atoms with van der Waals surface area (Å²) >= 11 is 6.44. The summed E-state index contributed by atoms with van der Waals surface area (Å²) in [6, 6.07) is 10.6. The number of fused-ring (bicyclic) bond motifs is 2. The van der Waals surface area contributed by atoms with Crippen molar-refractivity contribution in [3.05, 3.63) is 86.8 Å². The van der Waals surface area contributed by atoms with Gasteiger partial charge in [0.25, 0.3) is 0 Å². The van der Waals surface area contributed by atoms with Crippen LogP contribution < -0.4 is 4.74 Å². The second-order valence-electron chi connectivity index (χ2n) is 10.4. The number of hydrogen-bond acceptors (Lipinski definition) is 7. The van der Waals surface area contributed by atoms with Crippen LogP contribution in [0.3, 0.4) is 0 Å². The molecule has 0 amide bonds. The van der Waals surface area contributed by atoms with E-state index < -0.39 is 23.2 Å². The van der Waals surface area contributed by atoms with Gasteiger partial charge >= 0.3 is 5.97 Å². The van der Waals surface area contributed by atoms with Crippen LogP contribution in [-0.4, -0.2) is 49.8 Å². The van der Waals surface area contributed by atoms with Crippen molar-refractivity contribution in [1.82, 2.24) is 19.4 Å². The molecule has 4 heterocycles. The predicted molar refractivity (Wildman–Crippen MR) is 148 cm³/mol. The quantitative estimate of drug-likeness (QED) is 0.295. The summed E-state index contributed by atoms with van der Waals surface area (Å²) in [5.74, 6) is -1.91. The Morgan fingerprint density at radius 2 is 2.10 bits per heavy atom. The van der Waals surface area contributed by atoms with E-state index in [2.05, 4.69) is 9.88 Å². The van der Waals surface area contributed by atoms with Crippen molar-refractivity contribution in [3.63, 3.8) is 0 Å². The molecule has 0 spiro atoms.